The summed E-state index contributed by atoms with van der Waals surface area (Å²) >= 11 is 1.81. The zero-order valence-corrected chi connectivity index (χ0v) is 11.2. The number of fused-ring (bicyclic) bond motifs is 1. The first kappa shape index (κ1) is 12.6. The van der Waals surface area contributed by atoms with Gasteiger partial charge in [-0.15, -0.1) is 11.8 Å². The topological polar surface area (TPSA) is 44.5 Å². The zero-order chi connectivity index (χ0) is 12.3. The van der Waals surface area contributed by atoms with Crippen LogP contribution in [0.15, 0.2) is 23.1 Å². The van der Waals surface area contributed by atoms with Crippen LogP contribution in [0.4, 0.5) is 0 Å². The van der Waals surface area contributed by atoms with Crippen molar-refractivity contribution in [1.29, 1.82) is 0 Å². The summed E-state index contributed by atoms with van der Waals surface area (Å²) in [5, 5.41) is 0. The third-order valence-electron chi connectivity index (χ3n) is 2.70. The maximum absolute atomic E-state index is 5.72. The van der Waals surface area contributed by atoms with Gasteiger partial charge in [0.05, 0.1) is 0 Å². The lowest BCUT2D eigenvalue weighted by atomic mass is 9.97. The predicted molar refractivity (Wildman–Crippen MR) is 71.0 cm³/mol. The van der Waals surface area contributed by atoms with Crippen molar-refractivity contribution in [2.24, 2.45) is 11.1 Å². The Morgan fingerprint density at radius 2 is 1.94 bits per heavy atom. The molecule has 94 valence electrons. The van der Waals surface area contributed by atoms with Crippen molar-refractivity contribution in [3.8, 4) is 11.5 Å². The monoisotopic (exact) mass is 253 g/mol. The number of hydrogen-bond donors (Lipinski definition) is 1. The molecule has 0 aromatic heterocycles. The smallest absolute Gasteiger partial charge is 0.162 e. The van der Waals surface area contributed by atoms with Crippen LogP contribution in [0.25, 0.3) is 0 Å². The summed E-state index contributed by atoms with van der Waals surface area (Å²) in [4.78, 5) is 1.20. The number of nitrogens with two attached hydrogens (primary N) is 1. The van der Waals surface area contributed by atoms with Crippen molar-refractivity contribution >= 4 is 11.8 Å². The lowest BCUT2D eigenvalue weighted by Crippen LogP contribution is -2.25. The van der Waals surface area contributed by atoms with Crippen LogP contribution >= 0.6 is 11.8 Å². The van der Waals surface area contributed by atoms with E-state index in [0.717, 1.165) is 17.3 Å². The SMILES string of the molecule is CC(C)(CN)CSc1ccc2c(c1)OCCO2. The second-order valence-electron chi connectivity index (χ2n) is 4.96. The molecule has 2 rings (SSSR count). The Kier molecular flexibility index (Phi) is 3.84. The third kappa shape index (κ3) is 3.30. The molecule has 17 heavy (non-hydrogen) atoms. The molecule has 1 aromatic carbocycles. The minimum Gasteiger partial charge on any atom is -0.486 e. The van der Waals surface area contributed by atoms with Gasteiger partial charge < -0.3 is 15.2 Å². The van der Waals surface area contributed by atoms with Gasteiger partial charge in [-0.05, 0) is 30.2 Å². The molecule has 0 aliphatic carbocycles. The number of rotatable bonds is 4. The van der Waals surface area contributed by atoms with Gasteiger partial charge in [0.25, 0.3) is 0 Å². The van der Waals surface area contributed by atoms with Gasteiger partial charge in [0.15, 0.2) is 11.5 Å². The summed E-state index contributed by atoms with van der Waals surface area (Å²) in [5.74, 6) is 2.70. The second-order valence-corrected chi connectivity index (χ2v) is 6.01. The normalized spacial score (nSPS) is 14.8. The van der Waals surface area contributed by atoms with Gasteiger partial charge in [-0.1, -0.05) is 13.8 Å². The highest BCUT2D eigenvalue weighted by atomic mass is 32.2. The molecule has 0 amide bonds. The van der Waals surface area contributed by atoms with Gasteiger partial charge in [-0.3, -0.25) is 0 Å². The van der Waals surface area contributed by atoms with Gasteiger partial charge in [-0.25, -0.2) is 0 Å². The molecule has 0 atom stereocenters. The first-order chi connectivity index (χ1) is 8.11. The van der Waals surface area contributed by atoms with E-state index in [1.807, 2.05) is 23.9 Å². The van der Waals surface area contributed by atoms with Crippen LogP contribution in [0, 0.1) is 5.41 Å². The predicted octanol–water partition coefficient (Wildman–Crippen LogP) is 2.53. The van der Waals surface area contributed by atoms with Crippen molar-refractivity contribution in [2.45, 2.75) is 18.7 Å². The van der Waals surface area contributed by atoms with Crippen molar-refractivity contribution in [2.75, 3.05) is 25.5 Å². The lowest BCUT2D eigenvalue weighted by molar-refractivity contribution is 0.171. The highest BCUT2D eigenvalue weighted by Gasteiger charge is 2.17. The van der Waals surface area contributed by atoms with Crippen LogP contribution in [-0.2, 0) is 0 Å². The Balaban J connectivity index is 2.02. The summed E-state index contributed by atoms with van der Waals surface area (Å²) in [5.41, 5.74) is 5.89. The van der Waals surface area contributed by atoms with E-state index in [0.29, 0.717) is 19.8 Å². The van der Waals surface area contributed by atoms with E-state index in [9.17, 15) is 0 Å². The first-order valence-corrected chi connectivity index (χ1v) is 6.82. The summed E-state index contributed by atoms with van der Waals surface area (Å²) in [7, 11) is 0. The highest BCUT2D eigenvalue weighted by Crippen LogP contribution is 2.35. The van der Waals surface area contributed by atoms with Crippen LogP contribution in [0.5, 0.6) is 11.5 Å². The Morgan fingerprint density at radius 1 is 1.24 bits per heavy atom. The second kappa shape index (κ2) is 5.19. The van der Waals surface area contributed by atoms with E-state index in [1.165, 1.54) is 4.90 Å². The molecule has 4 heteroatoms. The van der Waals surface area contributed by atoms with Gasteiger partial charge in [0.2, 0.25) is 0 Å². The van der Waals surface area contributed by atoms with E-state index >= 15 is 0 Å². The van der Waals surface area contributed by atoms with Crippen LogP contribution < -0.4 is 15.2 Å². The Morgan fingerprint density at radius 3 is 2.65 bits per heavy atom. The molecule has 0 unspecified atom stereocenters. The minimum atomic E-state index is 0.165. The van der Waals surface area contributed by atoms with Crippen LogP contribution in [0.2, 0.25) is 0 Å². The van der Waals surface area contributed by atoms with E-state index in [-0.39, 0.29) is 5.41 Å². The maximum Gasteiger partial charge on any atom is 0.162 e. The highest BCUT2D eigenvalue weighted by molar-refractivity contribution is 7.99. The van der Waals surface area contributed by atoms with Gasteiger partial charge >= 0.3 is 0 Å². The molecule has 1 aliphatic heterocycles. The van der Waals surface area contributed by atoms with Crippen LogP contribution in [0.1, 0.15) is 13.8 Å². The number of thioether (sulfide) groups is 1. The van der Waals surface area contributed by atoms with Crippen molar-refractivity contribution in [3.63, 3.8) is 0 Å². The Bertz CT molecular complexity index is 393. The molecule has 0 spiro atoms. The van der Waals surface area contributed by atoms with Gasteiger partial charge in [0.1, 0.15) is 13.2 Å². The van der Waals surface area contributed by atoms with Gasteiger partial charge in [0, 0.05) is 10.6 Å². The molecular weight excluding hydrogens is 234 g/mol. The summed E-state index contributed by atoms with van der Waals surface area (Å²) in [6, 6.07) is 6.10. The van der Waals surface area contributed by atoms with Crippen LogP contribution in [0.3, 0.4) is 0 Å². The van der Waals surface area contributed by atoms with E-state index in [1.54, 1.807) is 0 Å². The van der Waals surface area contributed by atoms with Crippen molar-refractivity contribution < 1.29 is 9.47 Å². The molecule has 1 aromatic rings. The maximum atomic E-state index is 5.72. The van der Waals surface area contributed by atoms with E-state index in [4.69, 9.17) is 15.2 Å². The fourth-order valence-electron chi connectivity index (χ4n) is 1.45. The van der Waals surface area contributed by atoms with Crippen molar-refractivity contribution in [3.05, 3.63) is 18.2 Å². The van der Waals surface area contributed by atoms with Gasteiger partial charge in [-0.2, -0.15) is 0 Å². The quantitative estimate of drug-likeness (QED) is 0.838. The molecule has 0 saturated heterocycles. The fourth-order valence-corrected chi connectivity index (χ4v) is 2.48. The summed E-state index contributed by atoms with van der Waals surface area (Å²) < 4.78 is 11.1. The van der Waals surface area contributed by atoms with Crippen LogP contribution in [-0.4, -0.2) is 25.5 Å². The molecule has 0 radical (unpaired) electrons. The Hall–Kier alpha value is -0.870. The Labute approximate surface area is 107 Å². The molecule has 0 bridgehead atoms. The van der Waals surface area contributed by atoms with E-state index in [2.05, 4.69) is 19.9 Å². The number of hydrogen-bond acceptors (Lipinski definition) is 4. The third-order valence-corrected chi connectivity index (χ3v) is 4.21. The molecule has 3 nitrogen and oxygen atoms in total. The standard InChI is InChI=1S/C13H19NO2S/c1-13(2,8-14)9-17-10-3-4-11-12(7-10)16-6-5-15-11/h3-4,7H,5-6,8-9,14H2,1-2H3. The zero-order valence-electron chi connectivity index (χ0n) is 10.4. The lowest BCUT2D eigenvalue weighted by Gasteiger charge is -2.22. The minimum absolute atomic E-state index is 0.165. The first-order valence-electron chi connectivity index (χ1n) is 5.83. The average molecular weight is 253 g/mol. The molecule has 2 N–H and O–H groups in total. The molecule has 1 heterocycles. The molecular formula is C13H19NO2S. The number of benzene rings is 1. The number of ether oxygens (including phenoxy) is 2. The summed E-state index contributed by atoms with van der Waals surface area (Å²) in [6.45, 7) is 6.33. The molecule has 1 aliphatic rings. The molecule has 0 saturated carbocycles. The fraction of sp³-hybridized carbons (Fsp3) is 0.538. The van der Waals surface area contributed by atoms with E-state index < -0.39 is 0 Å². The summed E-state index contributed by atoms with van der Waals surface area (Å²) in [6.07, 6.45) is 0. The largest absolute Gasteiger partial charge is 0.486 e. The average Bonchev–Trinajstić information content (AvgIpc) is 2.36. The van der Waals surface area contributed by atoms with Crippen molar-refractivity contribution in [1.82, 2.24) is 0 Å². The molecule has 0 fully saturated rings.